The summed E-state index contributed by atoms with van der Waals surface area (Å²) in [5.41, 5.74) is 1.49. The molecule has 4 atom stereocenters. The first-order chi connectivity index (χ1) is 34.0. The molecule has 0 unspecified atom stereocenters. The van der Waals surface area contributed by atoms with Crippen molar-refractivity contribution in [1.82, 2.24) is 20.5 Å². The average Bonchev–Trinajstić information content (AvgIpc) is 4.00. The number of amides is 4. The number of anilines is 2. The number of alkyl halides is 3. The first kappa shape index (κ1) is 55.3. The zero-order chi connectivity index (χ0) is 52.5. The number of hydrogen-bond acceptors (Lipinski definition) is 12. The summed E-state index contributed by atoms with van der Waals surface area (Å²) in [6.45, 7) is 14.0. The van der Waals surface area contributed by atoms with Gasteiger partial charge >= 0.3 is 6.18 Å². The number of rotatable bonds is 21. The van der Waals surface area contributed by atoms with Crippen molar-refractivity contribution in [1.29, 1.82) is 5.26 Å². The van der Waals surface area contributed by atoms with E-state index in [1.807, 2.05) is 58.9 Å². The van der Waals surface area contributed by atoms with Gasteiger partial charge in [-0.15, -0.1) is 11.3 Å². The normalized spacial score (nSPS) is 17.7. The molecule has 3 heterocycles. The lowest BCUT2D eigenvalue weighted by atomic mass is 9.85. The molecule has 2 aliphatic rings. The second-order valence-electron chi connectivity index (χ2n) is 19.5. The Bertz CT molecular complexity index is 2610. The number of carbonyl (C=O) groups is 4. The zero-order valence-corrected chi connectivity index (χ0v) is 43.1. The molecule has 2 aliphatic heterocycles. The summed E-state index contributed by atoms with van der Waals surface area (Å²) in [5.74, 6) is -1.25. The summed E-state index contributed by atoms with van der Waals surface area (Å²) >= 11 is 7.19. The van der Waals surface area contributed by atoms with Crippen LogP contribution >= 0.6 is 23.6 Å². The number of thiazole rings is 1. The number of aryl methyl sites for hydroxylation is 1. The zero-order valence-electron chi connectivity index (χ0n) is 41.5. The number of aromatic nitrogens is 1. The van der Waals surface area contributed by atoms with E-state index in [1.54, 1.807) is 65.9 Å². The monoisotopic (exact) mass is 1030 g/mol. The lowest BCUT2D eigenvalue weighted by Crippen LogP contribution is -2.58. The fourth-order valence-electron chi connectivity index (χ4n) is 8.54. The number of nitrogens with zero attached hydrogens (tertiary/aromatic N) is 5. The molecule has 6 rings (SSSR count). The molecule has 4 aromatic rings. The van der Waals surface area contributed by atoms with Crippen LogP contribution in [0.25, 0.3) is 10.4 Å². The number of thiocarbonyl (C=S) groups is 1. The molecule has 0 bridgehead atoms. The van der Waals surface area contributed by atoms with Gasteiger partial charge in [-0.05, 0) is 125 Å². The van der Waals surface area contributed by atoms with Crippen molar-refractivity contribution in [2.75, 3.05) is 49.4 Å². The molecule has 3 N–H and O–H groups in total. The summed E-state index contributed by atoms with van der Waals surface area (Å²) < 4.78 is 58.4. The van der Waals surface area contributed by atoms with Gasteiger partial charge in [-0.3, -0.25) is 24.1 Å². The van der Waals surface area contributed by atoms with E-state index in [-0.39, 0.29) is 42.3 Å². The third-order valence-electron chi connectivity index (χ3n) is 12.5. The quantitative estimate of drug-likeness (QED) is 0.0537. The Morgan fingerprint density at radius 3 is 2.17 bits per heavy atom. The summed E-state index contributed by atoms with van der Waals surface area (Å²) in [5, 5.41) is 25.6. The number of nitriles is 1. The van der Waals surface area contributed by atoms with E-state index >= 15 is 0 Å². The number of aliphatic hydroxyl groups excluding tert-OH is 1. The number of benzene rings is 3. The van der Waals surface area contributed by atoms with Crippen LogP contribution in [0.3, 0.4) is 0 Å². The topological polar surface area (TPSA) is 187 Å². The Morgan fingerprint density at radius 2 is 1.57 bits per heavy atom. The van der Waals surface area contributed by atoms with Gasteiger partial charge in [-0.2, -0.15) is 18.4 Å². The highest BCUT2D eigenvalue weighted by molar-refractivity contribution is 7.81. The number of aliphatic hydroxyl groups is 1. The molecule has 3 aromatic carbocycles. The Kier molecular flexibility index (Phi) is 18.2. The maximum absolute atomic E-state index is 14.0. The minimum atomic E-state index is -4.80. The molecule has 0 radical (unpaired) electrons. The van der Waals surface area contributed by atoms with E-state index in [9.17, 15) is 42.7 Å². The van der Waals surface area contributed by atoms with E-state index in [2.05, 4.69) is 15.6 Å². The number of carbonyl (C=O) groups excluding carboxylic acids is 4. The Hall–Kier alpha value is -5.98. The first-order valence-corrected chi connectivity index (χ1v) is 25.1. The maximum Gasteiger partial charge on any atom is 0.417 e. The molecule has 2 saturated heterocycles. The van der Waals surface area contributed by atoms with Crippen LogP contribution in [0.4, 0.5) is 24.5 Å². The van der Waals surface area contributed by atoms with Crippen LogP contribution in [0, 0.1) is 23.7 Å². The van der Waals surface area contributed by atoms with Crippen molar-refractivity contribution >= 4 is 63.7 Å². The van der Waals surface area contributed by atoms with Crippen LogP contribution in [0.15, 0.2) is 72.2 Å². The van der Waals surface area contributed by atoms with Gasteiger partial charge in [-0.1, -0.05) is 45.0 Å². The molecule has 1 aromatic heterocycles. The minimum Gasteiger partial charge on any atom is -0.494 e. The smallest absolute Gasteiger partial charge is 0.417 e. The van der Waals surface area contributed by atoms with Crippen LogP contribution in [0.5, 0.6) is 5.75 Å². The maximum atomic E-state index is 14.0. The standard InChI is InChI=1S/C52H62F3N7O8S2/c1-32(34-12-14-35(15-13-34)44-33(2)57-31-72-44)58-46(65)42-27-39(63)29-60(42)47(66)45(50(3,4)5)59-43(64)30-69-24-9-8-22-68-23-10-11-25-70-40-20-18-37(19-21-40)62-49(71)61(48(67)51(62,6)7)38-17-16-36(28-56)41(26-38)52(53,54)55/h12-21,26,31-32,39,42,45,63H,8-11,22-25,27,29-30H2,1-7H3,(H,58,65)(H,59,64)/t32-,39+,42-,45+/m0/s1. The number of β-amino-alcohol motifs (C(OH)–C–C–N with tert-alkyl or cyclic N) is 1. The summed E-state index contributed by atoms with van der Waals surface area (Å²) in [6.07, 6.45) is -2.81. The average molecular weight is 1030 g/mol. The second-order valence-corrected chi connectivity index (χ2v) is 20.7. The summed E-state index contributed by atoms with van der Waals surface area (Å²) in [6, 6.07) is 17.1. The molecular weight excluding hydrogens is 972 g/mol. The fraction of sp³-hybridized carbons (Fsp3) is 0.481. The molecular formula is C52H62F3N7O8S2. The Balaban J connectivity index is 0.859. The van der Waals surface area contributed by atoms with Gasteiger partial charge in [0.05, 0.1) is 57.7 Å². The predicted molar refractivity (Wildman–Crippen MR) is 271 cm³/mol. The van der Waals surface area contributed by atoms with E-state index < -0.39 is 64.2 Å². The van der Waals surface area contributed by atoms with Gasteiger partial charge in [0.2, 0.25) is 17.7 Å². The van der Waals surface area contributed by atoms with Crippen LogP contribution in [-0.2, 0) is 34.8 Å². The van der Waals surface area contributed by atoms with Crippen LogP contribution in [0.1, 0.15) is 102 Å². The van der Waals surface area contributed by atoms with Gasteiger partial charge in [0.1, 0.15) is 30.0 Å². The second kappa shape index (κ2) is 23.7. The number of halogens is 3. The van der Waals surface area contributed by atoms with E-state index in [0.29, 0.717) is 57.1 Å². The van der Waals surface area contributed by atoms with Crippen molar-refractivity contribution in [3.05, 3.63) is 94.6 Å². The van der Waals surface area contributed by atoms with Gasteiger partial charge < -0.3 is 39.8 Å². The third-order valence-corrected chi connectivity index (χ3v) is 13.9. The van der Waals surface area contributed by atoms with Gasteiger partial charge in [-0.25, -0.2) is 4.98 Å². The van der Waals surface area contributed by atoms with Gasteiger partial charge in [0, 0.05) is 38.5 Å². The van der Waals surface area contributed by atoms with Gasteiger partial charge in [0.25, 0.3) is 5.91 Å². The number of likely N-dealkylation sites (tertiary alicyclic amines) is 1. The highest BCUT2D eigenvalue weighted by Crippen LogP contribution is 2.40. The van der Waals surface area contributed by atoms with Crippen LogP contribution in [0.2, 0.25) is 0 Å². The molecule has 0 aliphatic carbocycles. The highest BCUT2D eigenvalue weighted by atomic mass is 32.1. The van der Waals surface area contributed by atoms with E-state index in [4.69, 9.17) is 26.4 Å². The van der Waals surface area contributed by atoms with Crippen molar-refractivity contribution in [2.45, 2.75) is 117 Å². The number of nitrogens with one attached hydrogen (secondary N) is 2. The predicted octanol–water partition coefficient (Wildman–Crippen LogP) is 8.27. The molecule has 2 fully saturated rings. The summed E-state index contributed by atoms with van der Waals surface area (Å²) in [4.78, 5) is 63.6. The van der Waals surface area contributed by atoms with Crippen LogP contribution in [-0.4, -0.2) is 107 Å². The lowest BCUT2D eigenvalue weighted by molar-refractivity contribution is -0.144. The van der Waals surface area contributed by atoms with E-state index in [0.717, 1.165) is 45.2 Å². The third kappa shape index (κ3) is 13.3. The van der Waals surface area contributed by atoms with Crippen molar-refractivity contribution in [2.24, 2.45) is 5.41 Å². The molecule has 0 spiro atoms. The molecule has 15 nitrogen and oxygen atoms in total. The van der Waals surface area contributed by atoms with Crippen LogP contribution < -0.4 is 25.2 Å². The Labute approximate surface area is 427 Å². The number of unbranched alkanes of at least 4 members (excludes halogenated alkanes) is 2. The lowest BCUT2D eigenvalue weighted by Gasteiger charge is -2.35. The molecule has 4 amide bonds. The SMILES string of the molecule is Cc1ncsc1-c1ccc([C@H](C)NC(=O)[C@@H]2C[C@@H](O)CN2C(=O)[C@@H](NC(=O)COCCCCOCCCCOc2ccc(N3C(=S)N(c4ccc(C#N)c(C(F)(F)F)c4)C(=O)C3(C)C)cc2)C(C)(C)C)cc1. The molecule has 72 heavy (non-hydrogen) atoms. The highest BCUT2D eigenvalue weighted by Gasteiger charge is 2.51. The molecule has 20 heteroatoms. The van der Waals surface area contributed by atoms with Crippen molar-refractivity contribution < 1.29 is 51.7 Å². The Morgan fingerprint density at radius 1 is 0.944 bits per heavy atom. The molecule has 0 saturated carbocycles. The fourth-order valence-corrected chi connectivity index (χ4v) is 9.87. The number of hydrogen-bond donors (Lipinski definition) is 3. The number of ether oxygens (including phenoxy) is 3. The largest absolute Gasteiger partial charge is 0.494 e. The van der Waals surface area contributed by atoms with Gasteiger partial charge in [0.15, 0.2) is 5.11 Å². The van der Waals surface area contributed by atoms with Crippen molar-refractivity contribution in [3.8, 4) is 22.3 Å². The summed E-state index contributed by atoms with van der Waals surface area (Å²) in [7, 11) is 0. The first-order valence-electron chi connectivity index (χ1n) is 23.8. The van der Waals surface area contributed by atoms with E-state index in [1.165, 1.54) is 11.0 Å². The van der Waals surface area contributed by atoms with Crippen molar-refractivity contribution in [3.63, 3.8) is 0 Å². The minimum absolute atomic E-state index is 0.00163. The molecule has 386 valence electrons.